The molecule has 1 aromatic rings. The Labute approximate surface area is 108 Å². The second kappa shape index (κ2) is 6.05. The number of carbonyl (C=O) groups is 1. The molecule has 1 saturated carbocycles. The molecular weight excluding hydrogens is 228 g/mol. The lowest BCUT2D eigenvalue weighted by atomic mass is 9.84. The van der Waals surface area contributed by atoms with Crippen LogP contribution in [-0.4, -0.2) is 11.9 Å². The molecule has 2 rings (SSSR count). The molecule has 4 heteroatoms. The van der Waals surface area contributed by atoms with Gasteiger partial charge in [0.05, 0.1) is 12.1 Å². The van der Waals surface area contributed by atoms with Crippen molar-refractivity contribution in [2.24, 2.45) is 11.7 Å². The van der Waals surface area contributed by atoms with Gasteiger partial charge in [-0.2, -0.15) is 0 Å². The van der Waals surface area contributed by atoms with E-state index in [1.165, 1.54) is 25.5 Å². The van der Waals surface area contributed by atoms with Crippen LogP contribution in [-0.2, 0) is 6.54 Å². The topological polar surface area (TPSA) is 68.3 Å². The van der Waals surface area contributed by atoms with Crippen LogP contribution in [0.5, 0.6) is 0 Å². The molecule has 18 heavy (non-hydrogen) atoms. The molecule has 3 N–H and O–H groups in total. The quantitative estimate of drug-likeness (QED) is 0.862. The van der Waals surface area contributed by atoms with Crippen LogP contribution in [0.3, 0.4) is 0 Å². The van der Waals surface area contributed by atoms with Crippen LogP contribution >= 0.6 is 0 Å². The fourth-order valence-corrected chi connectivity index (χ4v) is 2.59. The van der Waals surface area contributed by atoms with Crippen LogP contribution in [0.2, 0.25) is 0 Å². The van der Waals surface area contributed by atoms with Crippen molar-refractivity contribution in [1.29, 1.82) is 0 Å². The smallest absolute Gasteiger partial charge is 0.254 e. The van der Waals surface area contributed by atoms with Crippen molar-refractivity contribution < 1.29 is 9.21 Å². The van der Waals surface area contributed by atoms with E-state index in [2.05, 4.69) is 12.2 Å². The lowest BCUT2D eigenvalue weighted by Crippen LogP contribution is -2.37. The van der Waals surface area contributed by atoms with E-state index in [0.717, 1.165) is 18.8 Å². The average molecular weight is 250 g/mol. The zero-order valence-corrected chi connectivity index (χ0v) is 10.9. The summed E-state index contributed by atoms with van der Waals surface area (Å²) in [6.45, 7) is 2.57. The van der Waals surface area contributed by atoms with Gasteiger partial charge in [0.25, 0.3) is 5.91 Å². The normalized spacial score (nSPS) is 23.9. The Hall–Kier alpha value is -1.29. The Kier molecular flexibility index (Phi) is 4.42. The molecule has 100 valence electrons. The highest BCUT2D eigenvalue weighted by atomic mass is 16.3. The molecule has 0 spiro atoms. The fourth-order valence-electron chi connectivity index (χ4n) is 2.59. The third-order valence-electron chi connectivity index (χ3n) is 3.88. The molecule has 1 aromatic heterocycles. The molecule has 0 bridgehead atoms. The summed E-state index contributed by atoms with van der Waals surface area (Å²) >= 11 is 0. The van der Waals surface area contributed by atoms with Crippen molar-refractivity contribution >= 4 is 5.91 Å². The van der Waals surface area contributed by atoms with Gasteiger partial charge in [0, 0.05) is 6.04 Å². The van der Waals surface area contributed by atoms with Crippen molar-refractivity contribution in [3.63, 3.8) is 0 Å². The summed E-state index contributed by atoms with van der Waals surface area (Å²) in [6.07, 6.45) is 7.36. The van der Waals surface area contributed by atoms with Crippen molar-refractivity contribution in [2.75, 3.05) is 0 Å². The third kappa shape index (κ3) is 3.13. The molecule has 1 heterocycles. The first-order valence-electron chi connectivity index (χ1n) is 6.81. The number of furan rings is 1. The maximum Gasteiger partial charge on any atom is 0.254 e. The van der Waals surface area contributed by atoms with Crippen LogP contribution in [0.25, 0.3) is 0 Å². The van der Waals surface area contributed by atoms with Gasteiger partial charge in [0.15, 0.2) is 0 Å². The van der Waals surface area contributed by atoms with Gasteiger partial charge in [-0.3, -0.25) is 4.79 Å². The molecule has 0 aliphatic heterocycles. The standard InChI is InChI=1S/C14H22N2O2/c1-2-10-3-5-12(6-4-10)16-14(17)11-7-13(8-15)18-9-11/h7,9-10,12H,2-6,8,15H2,1H3,(H,16,17). The number of carbonyl (C=O) groups excluding carboxylic acids is 1. The van der Waals surface area contributed by atoms with Gasteiger partial charge in [-0.15, -0.1) is 0 Å². The molecule has 1 aliphatic rings. The minimum Gasteiger partial charge on any atom is -0.467 e. The van der Waals surface area contributed by atoms with Crippen LogP contribution in [0.1, 0.15) is 55.1 Å². The summed E-state index contributed by atoms with van der Waals surface area (Å²) in [5.41, 5.74) is 6.03. The van der Waals surface area contributed by atoms with E-state index in [-0.39, 0.29) is 5.91 Å². The minimum absolute atomic E-state index is 0.0431. The van der Waals surface area contributed by atoms with Crippen molar-refractivity contribution in [1.82, 2.24) is 5.32 Å². The Morgan fingerprint density at radius 2 is 2.17 bits per heavy atom. The number of hydrogen-bond acceptors (Lipinski definition) is 3. The van der Waals surface area contributed by atoms with Gasteiger partial charge in [0.1, 0.15) is 12.0 Å². The van der Waals surface area contributed by atoms with E-state index in [4.69, 9.17) is 10.2 Å². The predicted octanol–water partition coefficient (Wildman–Crippen LogP) is 2.44. The number of rotatable bonds is 4. The first-order valence-corrected chi connectivity index (χ1v) is 6.81. The lowest BCUT2D eigenvalue weighted by Gasteiger charge is -2.28. The predicted molar refractivity (Wildman–Crippen MR) is 70.1 cm³/mol. The van der Waals surface area contributed by atoms with Gasteiger partial charge in [-0.1, -0.05) is 13.3 Å². The number of nitrogens with one attached hydrogen (secondary N) is 1. The molecule has 1 aliphatic carbocycles. The lowest BCUT2D eigenvalue weighted by molar-refractivity contribution is 0.0921. The minimum atomic E-state index is -0.0431. The molecule has 0 saturated heterocycles. The highest BCUT2D eigenvalue weighted by Gasteiger charge is 2.22. The van der Waals surface area contributed by atoms with Crippen molar-refractivity contribution in [2.45, 2.75) is 51.6 Å². The van der Waals surface area contributed by atoms with Crippen LogP contribution in [0.15, 0.2) is 16.7 Å². The van der Waals surface area contributed by atoms with Crippen molar-refractivity contribution in [3.05, 3.63) is 23.7 Å². The highest BCUT2D eigenvalue weighted by molar-refractivity contribution is 5.94. The maximum atomic E-state index is 12.0. The molecule has 4 nitrogen and oxygen atoms in total. The van der Waals surface area contributed by atoms with E-state index < -0.39 is 0 Å². The van der Waals surface area contributed by atoms with Crippen LogP contribution in [0.4, 0.5) is 0 Å². The Bertz CT molecular complexity index is 392. The first-order chi connectivity index (χ1) is 8.72. The van der Waals surface area contributed by atoms with E-state index in [9.17, 15) is 4.79 Å². The molecule has 0 radical (unpaired) electrons. The van der Waals surface area contributed by atoms with E-state index >= 15 is 0 Å². The Morgan fingerprint density at radius 1 is 1.44 bits per heavy atom. The molecule has 1 fully saturated rings. The summed E-state index contributed by atoms with van der Waals surface area (Å²) in [5, 5.41) is 3.08. The Balaban J connectivity index is 1.84. The highest BCUT2D eigenvalue weighted by Crippen LogP contribution is 2.26. The number of amides is 1. The van der Waals surface area contributed by atoms with Gasteiger partial charge >= 0.3 is 0 Å². The van der Waals surface area contributed by atoms with Crippen molar-refractivity contribution in [3.8, 4) is 0 Å². The Morgan fingerprint density at radius 3 is 2.72 bits per heavy atom. The number of nitrogens with two attached hydrogens (primary N) is 1. The molecule has 0 atom stereocenters. The number of hydrogen-bond donors (Lipinski definition) is 2. The molecular formula is C14H22N2O2. The first kappa shape index (κ1) is 13.1. The van der Waals surface area contributed by atoms with Gasteiger partial charge in [-0.25, -0.2) is 0 Å². The van der Waals surface area contributed by atoms with E-state index in [1.54, 1.807) is 6.07 Å². The molecule has 0 unspecified atom stereocenters. The summed E-state index contributed by atoms with van der Waals surface area (Å²) in [6, 6.07) is 2.03. The SMILES string of the molecule is CCC1CCC(NC(=O)c2coc(CN)c2)CC1. The third-order valence-corrected chi connectivity index (χ3v) is 3.88. The zero-order valence-electron chi connectivity index (χ0n) is 10.9. The van der Waals surface area contributed by atoms with E-state index in [1.807, 2.05) is 0 Å². The molecule has 0 aromatic carbocycles. The fraction of sp³-hybridized carbons (Fsp3) is 0.643. The van der Waals surface area contributed by atoms with E-state index in [0.29, 0.717) is 23.9 Å². The summed E-state index contributed by atoms with van der Waals surface area (Å²) in [7, 11) is 0. The van der Waals surface area contributed by atoms with Crippen LogP contribution in [0, 0.1) is 5.92 Å². The zero-order chi connectivity index (χ0) is 13.0. The van der Waals surface area contributed by atoms with Gasteiger partial charge in [-0.05, 0) is 37.7 Å². The average Bonchev–Trinajstić information content (AvgIpc) is 2.88. The second-order valence-corrected chi connectivity index (χ2v) is 5.11. The second-order valence-electron chi connectivity index (χ2n) is 5.11. The summed E-state index contributed by atoms with van der Waals surface area (Å²) in [5.74, 6) is 1.45. The van der Waals surface area contributed by atoms with Crippen LogP contribution < -0.4 is 11.1 Å². The summed E-state index contributed by atoms with van der Waals surface area (Å²) < 4.78 is 5.17. The molecule has 1 amide bonds. The summed E-state index contributed by atoms with van der Waals surface area (Å²) in [4.78, 5) is 12.0. The largest absolute Gasteiger partial charge is 0.467 e. The van der Waals surface area contributed by atoms with Gasteiger partial charge < -0.3 is 15.5 Å². The maximum absolute atomic E-state index is 12.0. The van der Waals surface area contributed by atoms with Gasteiger partial charge in [0.2, 0.25) is 0 Å². The monoisotopic (exact) mass is 250 g/mol.